The standard InChI is InChI=1S/C9H17N.C2H6/c1-10-8-7-9-5-3-2-4-6-9;1-2/h5,10H,2-4,6-8H2,1H3;1-2H3. The summed E-state index contributed by atoms with van der Waals surface area (Å²) in [5, 5.41) is 3.17. The van der Waals surface area contributed by atoms with Gasteiger partial charge < -0.3 is 5.32 Å². The highest BCUT2D eigenvalue weighted by Crippen LogP contribution is 2.19. The summed E-state index contributed by atoms with van der Waals surface area (Å²) in [4.78, 5) is 0. The van der Waals surface area contributed by atoms with E-state index in [-0.39, 0.29) is 0 Å². The van der Waals surface area contributed by atoms with Crippen LogP contribution in [0.1, 0.15) is 46.0 Å². The van der Waals surface area contributed by atoms with Crippen molar-refractivity contribution in [2.45, 2.75) is 46.0 Å². The predicted octanol–water partition coefficient (Wildman–Crippen LogP) is 3.12. The third-order valence-electron chi connectivity index (χ3n) is 2.08. The lowest BCUT2D eigenvalue weighted by molar-refractivity contribution is 0.659. The quantitative estimate of drug-likeness (QED) is 0.640. The zero-order valence-corrected chi connectivity index (χ0v) is 8.82. The van der Waals surface area contributed by atoms with Gasteiger partial charge in [-0.3, -0.25) is 0 Å². The van der Waals surface area contributed by atoms with E-state index in [0.29, 0.717) is 0 Å². The van der Waals surface area contributed by atoms with E-state index in [9.17, 15) is 0 Å². The van der Waals surface area contributed by atoms with Crippen molar-refractivity contribution in [1.82, 2.24) is 5.32 Å². The third-order valence-corrected chi connectivity index (χ3v) is 2.08. The Kier molecular flexibility index (Phi) is 8.57. The molecule has 1 aliphatic carbocycles. The highest BCUT2D eigenvalue weighted by molar-refractivity contribution is 5.04. The molecule has 0 unspecified atom stereocenters. The van der Waals surface area contributed by atoms with Crippen LogP contribution in [-0.2, 0) is 0 Å². The van der Waals surface area contributed by atoms with Crippen molar-refractivity contribution in [3.63, 3.8) is 0 Å². The maximum absolute atomic E-state index is 3.17. The first-order chi connectivity index (χ1) is 5.93. The van der Waals surface area contributed by atoms with Gasteiger partial charge in [0.05, 0.1) is 0 Å². The molecular formula is C11H23N. The summed E-state index contributed by atoms with van der Waals surface area (Å²) in [6.45, 7) is 5.14. The van der Waals surface area contributed by atoms with Crippen LogP contribution < -0.4 is 5.32 Å². The van der Waals surface area contributed by atoms with Crippen LogP contribution in [0.15, 0.2) is 11.6 Å². The fourth-order valence-corrected chi connectivity index (χ4v) is 1.42. The van der Waals surface area contributed by atoms with Gasteiger partial charge in [-0.05, 0) is 45.7 Å². The highest BCUT2D eigenvalue weighted by atomic mass is 14.8. The Morgan fingerprint density at radius 1 is 1.33 bits per heavy atom. The molecule has 1 aliphatic rings. The Bertz CT molecular complexity index is 116. The van der Waals surface area contributed by atoms with Gasteiger partial charge in [-0.15, -0.1) is 0 Å². The van der Waals surface area contributed by atoms with Gasteiger partial charge in [0.2, 0.25) is 0 Å². The molecule has 0 bridgehead atoms. The number of rotatable bonds is 3. The fourth-order valence-electron chi connectivity index (χ4n) is 1.42. The second kappa shape index (κ2) is 8.79. The number of allylic oxidation sites excluding steroid dienone is 1. The van der Waals surface area contributed by atoms with E-state index in [4.69, 9.17) is 0 Å². The number of nitrogens with one attached hydrogen (secondary N) is 1. The lowest BCUT2D eigenvalue weighted by atomic mass is 9.97. The van der Waals surface area contributed by atoms with Crippen LogP contribution in [0.2, 0.25) is 0 Å². The van der Waals surface area contributed by atoms with Gasteiger partial charge >= 0.3 is 0 Å². The normalized spacial score (nSPS) is 16.1. The summed E-state index contributed by atoms with van der Waals surface area (Å²) in [5.74, 6) is 0. The van der Waals surface area contributed by atoms with E-state index in [1.165, 1.54) is 32.1 Å². The molecule has 0 aromatic heterocycles. The molecule has 72 valence electrons. The molecular weight excluding hydrogens is 146 g/mol. The van der Waals surface area contributed by atoms with E-state index < -0.39 is 0 Å². The molecule has 0 aromatic carbocycles. The molecule has 0 radical (unpaired) electrons. The van der Waals surface area contributed by atoms with E-state index in [1.807, 2.05) is 20.9 Å². The lowest BCUT2D eigenvalue weighted by Gasteiger charge is -2.11. The smallest absolute Gasteiger partial charge is 0.00146 e. The van der Waals surface area contributed by atoms with Gasteiger partial charge in [-0.1, -0.05) is 25.5 Å². The van der Waals surface area contributed by atoms with Crippen LogP contribution >= 0.6 is 0 Å². The molecule has 0 spiro atoms. The molecule has 1 nitrogen and oxygen atoms in total. The maximum atomic E-state index is 3.17. The van der Waals surface area contributed by atoms with Crippen LogP contribution in [0.4, 0.5) is 0 Å². The molecule has 0 aliphatic heterocycles. The van der Waals surface area contributed by atoms with Crippen molar-refractivity contribution < 1.29 is 0 Å². The molecule has 0 fully saturated rings. The summed E-state index contributed by atoms with van der Waals surface area (Å²) in [6.07, 6.45) is 9.16. The predicted molar refractivity (Wildman–Crippen MR) is 56.4 cm³/mol. The van der Waals surface area contributed by atoms with Gasteiger partial charge in [0.25, 0.3) is 0 Å². The summed E-state index contributed by atoms with van der Waals surface area (Å²) >= 11 is 0. The van der Waals surface area contributed by atoms with Crippen molar-refractivity contribution in [3.05, 3.63) is 11.6 Å². The van der Waals surface area contributed by atoms with E-state index in [0.717, 1.165) is 6.54 Å². The fraction of sp³-hybridized carbons (Fsp3) is 0.818. The Labute approximate surface area is 77.2 Å². The first-order valence-electron chi connectivity index (χ1n) is 5.26. The van der Waals surface area contributed by atoms with Crippen LogP contribution in [-0.4, -0.2) is 13.6 Å². The minimum atomic E-state index is 1.14. The van der Waals surface area contributed by atoms with Crippen molar-refractivity contribution in [2.75, 3.05) is 13.6 Å². The van der Waals surface area contributed by atoms with Crippen LogP contribution in [0.3, 0.4) is 0 Å². The molecule has 0 aromatic rings. The number of hydrogen-bond donors (Lipinski definition) is 1. The van der Waals surface area contributed by atoms with Crippen molar-refractivity contribution in [1.29, 1.82) is 0 Å². The Morgan fingerprint density at radius 2 is 2.08 bits per heavy atom. The summed E-state index contributed by atoms with van der Waals surface area (Å²) in [6, 6.07) is 0. The second-order valence-corrected chi connectivity index (χ2v) is 2.96. The molecule has 1 N–H and O–H groups in total. The third kappa shape index (κ3) is 5.36. The maximum Gasteiger partial charge on any atom is -0.00146 e. The van der Waals surface area contributed by atoms with Gasteiger partial charge in [-0.25, -0.2) is 0 Å². The molecule has 0 amide bonds. The molecule has 0 atom stereocenters. The van der Waals surface area contributed by atoms with Crippen LogP contribution in [0.25, 0.3) is 0 Å². The molecule has 0 saturated carbocycles. The minimum absolute atomic E-state index is 1.14. The number of hydrogen-bond acceptors (Lipinski definition) is 1. The van der Waals surface area contributed by atoms with E-state index in [2.05, 4.69) is 11.4 Å². The Morgan fingerprint density at radius 3 is 2.58 bits per heavy atom. The monoisotopic (exact) mass is 169 g/mol. The van der Waals surface area contributed by atoms with Gasteiger partial charge in [0.1, 0.15) is 0 Å². The summed E-state index contributed by atoms with van der Waals surface area (Å²) < 4.78 is 0. The van der Waals surface area contributed by atoms with Gasteiger partial charge in [-0.2, -0.15) is 0 Å². The molecule has 0 saturated heterocycles. The topological polar surface area (TPSA) is 12.0 Å². The van der Waals surface area contributed by atoms with E-state index >= 15 is 0 Å². The first-order valence-corrected chi connectivity index (χ1v) is 5.26. The molecule has 1 heteroatoms. The lowest BCUT2D eigenvalue weighted by Crippen LogP contribution is -2.09. The summed E-state index contributed by atoms with van der Waals surface area (Å²) in [7, 11) is 2.02. The van der Waals surface area contributed by atoms with Crippen molar-refractivity contribution in [2.24, 2.45) is 0 Å². The average Bonchev–Trinajstić information content (AvgIpc) is 2.19. The van der Waals surface area contributed by atoms with Gasteiger partial charge in [0, 0.05) is 0 Å². The molecule has 1 rings (SSSR count). The Balaban J connectivity index is 0.000000561. The van der Waals surface area contributed by atoms with Crippen LogP contribution in [0.5, 0.6) is 0 Å². The Hall–Kier alpha value is -0.300. The van der Waals surface area contributed by atoms with Crippen LogP contribution in [0, 0.1) is 0 Å². The van der Waals surface area contributed by atoms with Crippen molar-refractivity contribution >= 4 is 0 Å². The highest BCUT2D eigenvalue weighted by Gasteiger charge is 2.01. The first kappa shape index (κ1) is 11.7. The average molecular weight is 169 g/mol. The molecule has 0 heterocycles. The molecule has 12 heavy (non-hydrogen) atoms. The second-order valence-electron chi connectivity index (χ2n) is 2.96. The zero-order chi connectivity index (χ0) is 9.23. The minimum Gasteiger partial charge on any atom is -0.319 e. The zero-order valence-electron chi connectivity index (χ0n) is 8.82. The van der Waals surface area contributed by atoms with Crippen molar-refractivity contribution in [3.8, 4) is 0 Å². The SMILES string of the molecule is CC.CNCCC1=CCCCC1. The van der Waals surface area contributed by atoms with E-state index in [1.54, 1.807) is 5.57 Å². The van der Waals surface area contributed by atoms with Gasteiger partial charge in [0.15, 0.2) is 0 Å². The largest absolute Gasteiger partial charge is 0.319 e. The summed E-state index contributed by atoms with van der Waals surface area (Å²) in [5.41, 5.74) is 1.67.